The molecule has 0 spiro atoms. The summed E-state index contributed by atoms with van der Waals surface area (Å²) in [7, 11) is 0. The molecule has 23 heavy (non-hydrogen) atoms. The predicted molar refractivity (Wildman–Crippen MR) is 77.1 cm³/mol. The zero-order valence-corrected chi connectivity index (χ0v) is 12.1. The van der Waals surface area contributed by atoms with Crippen molar-refractivity contribution >= 4 is 11.6 Å². The quantitative estimate of drug-likeness (QED) is 0.849. The minimum atomic E-state index is -4.47. The van der Waals surface area contributed by atoms with Gasteiger partial charge in [0.25, 0.3) is 5.91 Å². The Labute approximate surface area is 129 Å². The molecule has 0 saturated heterocycles. The molecule has 2 N–H and O–H groups in total. The van der Waals surface area contributed by atoms with E-state index in [1.807, 2.05) is 0 Å². The number of hydrogen-bond acceptors (Lipinski definition) is 3. The van der Waals surface area contributed by atoms with Crippen LogP contribution in [-0.4, -0.2) is 17.5 Å². The molecular weight excluding hydrogens is 311 g/mol. The molecule has 5 nitrogen and oxygen atoms in total. The van der Waals surface area contributed by atoms with Crippen LogP contribution in [0.3, 0.4) is 0 Å². The molecule has 0 atom stereocenters. The number of carbonyl (C=O) groups is 1. The first-order chi connectivity index (χ1) is 10.9. The van der Waals surface area contributed by atoms with Gasteiger partial charge in [0.15, 0.2) is 12.1 Å². The van der Waals surface area contributed by atoms with Crippen molar-refractivity contribution in [2.45, 2.75) is 13.1 Å². The van der Waals surface area contributed by atoms with Crippen LogP contribution in [0.4, 0.5) is 18.9 Å². The van der Waals surface area contributed by atoms with Crippen LogP contribution in [0.1, 0.15) is 11.1 Å². The molecule has 0 fully saturated rings. The van der Waals surface area contributed by atoms with E-state index in [-0.39, 0.29) is 11.3 Å². The number of aromatic nitrogens is 1. The molecule has 0 saturated carbocycles. The normalized spacial score (nSPS) is 12.1. The largest absolute Gasteiger partial charge is 0.416 e. The molecule has 1 aromatic carbocycles. The number of nitrogens with zero attached hydrogens (tertiary/aromatic N) is 1. The smallest absolute Gasteiger partial charge is 0.384 e. The molecule has 1 amide bonds. The van der Waals surface area contributed by atoms with Crippen molar-refractivity contribution < 1.29 is 22.8 Å². The van der Waals surface area contributed by atoms with Crippen molar-refractivity contribution in [3.05, 3.63) is 59.2 Å². The van der Waals surface area contributed by atoms with Gasteiger partial charge in [0.2, 0.25) is 0 Å². The third-order valence-corrected chi connectivity index (χ3v) is 2.88. The summed E-state index contributed by atoms with van der Waals surface area (Å²) >= 11 is 0. The van der Waals surface area contributed by atoms with Crippen LogP contribution >= 0.6 is 0 Å². The van der Waals surface area contributed by atoms with E-state index < -0.39 is 24.3 Å². The monoisotopic (exact) mass is 325 g/mol. The van der Waals surface area contributed by atoms with Crippen LogP contribution in [0.2, 0.25) is 0 Å². The first kappa shape index (κ1) is 16.6. The summed E-state index contributed by atoms with van der Waals surface area (Å²) in [5.74, 6) is -0.610. The Bertz CT molecular complexity index is 737. The summed E-state index contributed by atoms with van der Waals surface area (Å²) in [6.45, 7) is 0.935. The van der Waals surface area contributed by atoms with Gasteiger partial charge < -0.3 is 15.1 Å². The summed E-state index contributed by atoms with van der Waals surface area (Å²) in [6, 6.07) is 8.68. The van der Waals surface area contributed by atoms with Crippen LogP contribution < -0.4 is 10.8 Å². The zero-order valence-electron chi connectivity index (χ0n) is 12.1. The number of nitrogens with one attached hydrogen (secondary N) is 2. The standard InChI is InChI=1S/C15H14F3N3O2/c1-10-5-6-11(8-12(10)15(16,17)18)20-14(22)9-23-21-13-4-2-3-7-19-13/h2-8H,9H2,1H3,(H,19,21)(H,20,22). The van der Waals surface area contributed by atoms with Crippen molar-refractivity contribution in [3.8, 4) is 0 Å². The summed E-state index contributed by atoms with van der Waals surface area (Å²) in [5, 5.41) is 6.00. The Morgan fingerprint density at radius 1 is 1.30 bits per heavy atom. The third kappa shape index (κ3) is 4.87. The highest BCUT2D eigenvalue weighted by atomic mass is 19.4. The molecule has 0 aliphatic carbocycles. The van der Waals surface area contributed by atoms with Gasteiger partial charge in [-0.25, -0.2) is 0 Å². The Hall–Kier alpha value is -2.77. The molecule has 0 radical (unpaired) electrons. The summed E-state index contributed by atoms with van der Waals surface area (Å²) in [6.07, 6.45) is -2.84. The number of rotatable bonds is 4. The van der Waals surface area contributed by atoms with Gasteiger partial charge in [-0.3, -0.25) is 4.79 Å². The lowest BCUT2D eigenvalue weighted by atomic mass is 10.1. The predicted octanol–water partition coefficient (Wildman–Crippen LogP) is 2.81. The first-order valence-corrected chi connectivity index (χ1v) is 6.63. The van der Waals surface area contributed by atoms with E-state index in [1.165, 1.54) is 19.1 Å². The van der Waals surface area contributed by atoms with Gasteiger partial charge in [-0.1, -0.05) is 17.3 Å². The van der Waals surface area contributed by atoms with Gasteiger partial charge in [-0.2, -0.15) is 13.2 Å². The number of aryl methyl sites for hydroxylation is 1. The molecule has 2 aromatic rings. The fourth-order valence-electron chi connectivity index (χ4n) is 1.80. The average molecular weight is 325 g/mol. The summed E-state index contributed by atoms with van der Waals surface area (Å²) in [4.78, 5) is 19.3. The third-order valence-electron chi connectivity index (χ3n) is 2.88. The second-order valence-electron chi connectivity index (χ2n) is 4.69. The lowest BCUT2D eigenvalue weighted by Crippen LogP contribution is -2.19. The van der Waals surface area contributed by atoms with Crippen molar-refractivity contribution in [3.63, 3.8) is 0 Å². The Morgan fingerprint density at radius 2 is 2.09 bits per heavy atom. The lowest BCUT2D eigenvalue weighted by Gasteiger charge is -2.12. The number of amides is 1. The Morgan fingerprint density at radius 3 is 2.74 bits per heavy atom. The number of alkyl halides is 3. The van der Waals surface area contributed by atoms with E-state index in [1.54, 1.807) is 24.4 Å². The molecule has 122 valence electrons. The van der Waals surface area contributed by atoms with E-state index >= 15 is 0 Å². The van der Waals surface area contributed by atoms with Crippen LogP contribution in [0.15, 0.2) is 47.8 Å². The highest BCUT2D eigenvalue weighted by Gasteiger charge is 2.32. The zero-order chi connectivity index (χ0) is 16.9. The maximum Gasteiger partial charge on any atom is 0.416 e. The van der Waals surface area contributed by atoms with Crippen molar-refractivity contribution in [1.82, 2.24) is 4.98 Å². The molecule has 2 rings (SSSR count). The number of halogens is 3. The molecule has 0 bridgehead atoms. The topological polar surface area (TPSA) is 66.5 Å². The van der Waals surface area contributed by atoms with Crippen LogP contribution in [0.25, 0.3) is 0 Å². The number of pyridine rings is 1. The van der Waals surface area contributed by atoms with Gasteiger partial charge >= 0.3 is 6.18 Å². The fourth-order valence-corrected chi connectivity index (χ4v) is 1.80. The van der Waals surface area contributed by atoms with Crippen LogP contribution in [0.5, 0.6) is 0 Å². The van der Waals surface area contributed by atoms with Crippen molar-refractivity contribution in [2.75, 3.05) is 11.9 Å². The number of carbonyl (C=O) groups excluding carboxylic acids is 1. The highest BCUT2D eigenvalue weighted by Crippen LogP contribution is 2.33. The molecule has 0 aliphatic rings. The van der Waals surface area contributed by atoms with Crippen LogP contribution in [0, 0.1) is 6.92 Å². The number of hydrogen-bond donors (Lipinski definition) is 2. The summed E-state index contributed by atoms with van der Waals surface area (Å²) < 4.78 is 38.4. The first-order valence-electron chi connectivity index (χ1n) is 6.63. The van der Waals surface area contributed by atoms with Gasteiger partial charge in [0, 0.05) is 11.9 Å². The van der Waals surface area contributed by atoms with Gasteiger partial charge in [-0.05, 0) is 36.8 Å². The summed E-state index contributed by atoms with van der Waals surface area (Å²) in [5.41, 5.74) is -0.251. The molecule has 0 unspecified atom stereocenters. The fraction of sp³-hybridized carbons (Fsp3) is 0.200. The maximum atomic E-state index is 12.8. The minimum Gasteiger partial charge on any atom is -0.384 e. The second-order valence-corrected chi connectivity index (χ2v) is 4.69. The highest BCUT2D eigenvalue weighted by molar-refractivity contribution is 5.91. The average Bonchev–Trinajstić information content (AvgIpc) is 2.49. The minimum absolute atomic E-state index is 0.0443. The van der Waals surface area contributed by atoms with Gasteiger partial charge in [-0.15, -0.1) is 0 Å². The van der Waals surface area contributed by atoms with Crippen molar-refractivity contribution in [1.29, 1.82) is 0 Å². The van der Waals surface area contributed by atoms with Gasteiger partial charge in [0.05, 0.1) is 5.56 Å². The van der Waals surface area contributed by atoms with E-state index in [0.717, 1.165) is 6.07 Å². The number of benzene rings is 1. The molecular formula is C15H14F3N3O2. The molecule has 1 aromatic heterocycles. The van der Waals surface area contributed by atoms with Gasteiger partial charge in [0.1, 0.15) is 0 Å². The van der Waals surface area contributed by atoms with E-state index in [9.17, 15) is 18.0 Å². The maximum absolute atomic E-state index is 12.8. The Kier molecular flexibility index (Phi) is 5.05. The van der Waals surface area contributed by atoms with E-state index in [2.05, 4.69) is 15.5 Å². The van der Waals surface area contributed by atoms with Crippen molar-refractivity contribution in [2.24, 2.45) is 5.16 Å². The van der Waals surface area contributed by atoms with E-state index in [4.69, 9.17) is 4.84 Å². The second kappa shape index (κ2) is 6.99. The molecule has 1 heterocycles. The molecule has 0 aliphatic heterocycles. The van der Waals surface area contributed by atoms with E-state index in [0.29, 0.717) is 5.49 Å². The number of aromatic amines is 1. The number of anilines is 1. The Balaban J connectivity index is 1.98. The SMILES string of the molecule is Cc1ccc(NC(=O)CO/N=c2/cccc[nH]2)cc1C(F)(F)F. The molecule has 8 heteroatoms. The number of H-pyrrole nitrogens is 1. The lowest BCUT2D eigenvalue weighted by molar-refractivity contribution is -0.138. The van der Waals surface area contributed by atoms with Crippen LogP contribution in [-0.2, 0) is 15.8 Å².